The minimum atomic E-state index is -0.371. The lowest BCUT2D eigenvalue weighted by Crippen LogP contribution is -2.14. The van der Waals surface area contributed by atoms with Gasteiger partial charge in [-0.3, -0.25) is 19.7 Å². The molecule has 12 heteroatoms. The maximum Gasteiger partial charge on any atom is 0.257 e. The molecular weight excluding hydrogens is 466 g/mol. The normalized spacial score (nSPS) is 10.3. The van der Waals surface area contributed by atoms with E-state index in [9.17, 15) is 14.4 Å². The topological polar surface area (TPSA) is 132 Å². The molecule has 0 aliphatic rings. The molecule has 1 aromatic heterocycles. The molecule has 0 saturated carbocycles. The van der Waals surface area contributed by atoms with Crippen molar-refractivity contribution in [2.45, 2.75) is 11.3 Å². The number of benzene rings is 2. The Morgan fingerprint density at radius 2 is 1.58 bits per heavy atom. The number of hydrogen-bond acceptors (Lipinski definition) is 9. The molecule has 10 nitrogen and oxygen atoms in total. The highest BCUT2D eigenvalue weighted by atomic mass is 32.2. The van der Waals surface area contributed by atoms with E-state index in [0.717, 1.165) is 11.3 Å². The molecule has 0 aliphatic carbocycles. The first-order valence-corrected chi connectivity index (χ1v) is 11.4. The molecule has 0 radical (unpaired) electrons. The average Bonchev–Trinajstić information content (AvgIpc) is 3.25. The third-order valence-electron chi connectivity index (χ3n) is 4.09. The number of rotatable bonds is 9. The van der Waals surface area contributed by atoms with E-state index >= 15 is 0 Å². The van der Waals surface area contributed by atoms with Crippen LogP contribution in [0.3, 0.4) is 0 Å². The minimum Gasteiger partial charge on any atom is -0.493 e. The van der Waals surface area contributed by atoms with Gasteiger partial charge in [-0.05, 0) is 42.5 Å². The lowest BCUT2D eigenvalue weighted by Gasteiger charge is -2.08. The van der Waals surface area contributed by atoms with Crippen LogP contribution in [0.15, 0.2) is 46.8 Å². The van der Waals surface area contributed by atoms with Crippen molar-refractivity contribution in [1.29, 1.82) is 0 Å². The number of amides is 3. The van der Waals surface area contributed by atoms with Crippen molar-refractivity contribution in [3.05, 3.63) is 48.0 Å². The van der Waals surface area contributed by atoms with Gasteiger partial charge in [0.2, 0.25) is 16.9 Å². The first kappa shape index (κ1) is 24.0. The Kier molecular flexibility index (Phi) is 8.22. The van der Waals surface area contributed by atoms with E-state index in [1.807, 2.05) is 0 Å². The zero-order valence-electron chi connectivity index (χ0n) is 18.0. The molecule has 3 amide bonds. The minimum absolute atomic E-state index is 0.117. The van der Waals surface area contributed by atoms with E-state index in [1.54, 1.807) is 42.5 Å². The van der Waals surface area contributed by atoms with Crippen molar-refractivity contribution in [1.82, 2.24) is 10.2 Å². The van der Waals surface area contributed by atoms with Crippen LogP contribution in [-0.2, 0) is 9.59 Å². The Hall–Kier alpha value is -3.64. The van der Waals surface area contributed by atoms with Crippen LogP contribution in [0.1, 0.15) is 17.3 Å². The van der Waals surface area contributed by atoms with Crippen LogP contribution in [-0.4, -0.2) is 47.9 Å². The summed E-state index contributed by atoms with van der Waals surface area (Å²) in [7, 11) is 3.01. The van der Waals surface area contributed by atoms with Gasteiger partial charge < -0.3 is 20.1 Å². The fourth-order valence-electron chi connectivity index (χ4n) is 2.63. The van der Waals surface area contributed by atoms with Crippen LogP contribution in [0.4, 0.5) is 16.5 Å². The molecule has 172 valence electrons. The van der Waals surface area contributed by atoms with E-state index in [4.69, 9.17) is 9.47 Å². The van der Waals surface area contributed by atoms with Crippen molar-refractivity contribution in [2.75, 3.05) is 35.9 Å². The maximum atomic E-state index is 12.5. The zero-order chi connectivity index (χ0) is 23.8. The zero-order valence-corrected chi connectivity index (χ0v) is 19.6. The summed E-state index contributed by atoms with van der Waals surface area (Å²) in [5.41, 5.74) is 1.63. The van der Waals surface area contributed by atoms with E-state index < -0.39 is 0 Å². The van der Waals surface area contributed by atoms with Gasteiger partial charge in [-0.1, -0.05) is 23.1 Å². The fraction of sp³-hybridized carbons (Fsp3) is 0.190. The van der Waals surface area contributed by atoms with Crippen molar-refractivity contribution >= 4 is 57.3 Å². The van der Waals surface area contributed by atoms with Crippen LogP contribution >= 0.6 is 23.1 Å². The quantitative estimate of drug-likeness (QED) is 0.309. The summed E-state index contributed by atoms with van der Waals surface area (Å²) in [4.78, 5) is 35.7. The van der Waals surface area contributed by atoms with Gasteiger partial charge in [-0.25, -0.2) is 0 Å². The lowest BCUT2D eigenvalue weighted by atomic mass is 10.2. The van der Waals surface area contributed by atoms with Crippen LogP contribution in [0.5, 0.6) is 11.5 Å². The van der Waals surface area contributed by atoms with Gasteiger partial charge in [-0.2, -0.15) is 0 Å². The SMILES string of the molecule is COc1ccc(C(=O)Nc2nnc(SCC(=O)Nc3ccc(NC(C)=O)cc3)s2)cc1OC. The summed E-state index contributed by atoms with van der Waals surface area (Å²) < 4.78 is 10.9. The molecule has 33 heavy (non-hydrogen) atoms. The number of ether oxygens (including phenoxy) is 2. The van der Waals surface area contributed by atoms with Crippen LogP contribution in [0, 0.1) is 0 Å². The largest absolute Gasteiger partial charge is 0.493 e. The highest BCUT2D eigenvalue weighted by Gasteiger charge is 2.14. The molecule has 0 spiro atoms. The Balaban J connectivity index is 1.50. The third kappa shape index (κ3) is 6.92. The second kappa shape index (κ2) is 11.3. The highest BCUT2D eigenvalue weighted by Crippen LogP contribution is 2.29. The lowest BCUT2D eigenvalue weighted by molar-refractivity contribution is -0.114. The molecule has 0 bridgehead atoms. The number of carbonyl (C=O) groups excluding carboxylic acids is 3. The molecule has 3 rings (SSSR count). The van der Waals surface area contributed by atoms with Gasteiger partial charge in [0.15, 0.2) is 15.8 Å². The van der Waals surface area contributed by atoms with E-state index in [1.165, 1.54) is 32.9 Å². The van der Waals surface area contributed by atoms with E-state index in [0.29, 0.717) is 37.9 Å². The summed E-state index contributed by atoms with van der Waals surface area (Å²) in [6.07, 6.45) is 0. The number of methoxy groups -OCH3 is 2. The predicted octanol–water partition coefficient (Wildman–Crippen LogP) is 3.50. The summed E-state index contributed by atoms with van der Waals surface area (Å²) in [5, 5.41) is 16.4. The molecule has 0 unspecified atom stereocenters. The maximum absolute atomic E-state index is 12.5. The number of nitrogens with zero attached hydrogens (tertiary/aromatic N) is 2. The van der Waals surface area contributed by atoms with Gasteiger partial charge in [0.05, 0.1) is 20.0 Å². The number of nitrogens with one attached hydrogen (secondary N) is 3. The number of thioether (sulfide) groups is 1. The Bertz CT molecular complexity index is 1150. The van der Waals surface area contributed by atoms with Crippen molar-refractivity contribution in [3.8, 4) is 11.5 Å². The number of carbonyl (C=O) groups is 3. The van der Waals surface area contributed by atoms with Crippen molar-refractivity contribution in [2.24, 2.45) is 0 Å². The summed E-state index contributed by atoms with van der Waals surface area (Å²) in [5.74, 6) is 0.313. The van der Waals surface area contributed by atoms with Gasteiger partial charge in [-0.15, -0.1) is 10.2 Å². The predicted molar refractivity (Wildman–Crippen MR) is 128 cm³/mol. The third-order valence-corrected chi connectivity index (χ3v) is 6.06. The number of anilines is 3. The van der Waals surface area contributed by atoms with Crippen molar-refractivity contribution < 1.29 is 23.9 Å². The Morgan fingerprint density at radius 3 is 2.21 bits per heavy atom. The molecule has 0 saturated heterocycles. The standard InChI is InChI=1S/C21H21N5O5S2/c1-12(27)22-14-5-7-15(8-6-14)23-18(28)11-32-21-26-25-20(33-21)24-19(29)13-4-9-16(30-2)17(10-13)31-3/h4-10H,11H2,1-3H3,(H,22,27)(H,23,28)(H,24,25,29). The summed E-state index contributed by atoms with van der Waals surface area (Å²) in [6.45, 7) is 1.42. The molecule has 0 atom stereocenters. The fourth-order valence-corrected chi connectivity index (χ4v) is 4.18. The van der Waals surface area contributed by atoms with E-state index in [-0.39, 0.29) is 23.5 Å². The molecule has 1 heterocycles. The highest BCUT2D eigenvalue weighted by molar-refractivity contribution is 8.01. The van der Waals surface area contributed by atoms with Gasteiger partial charge >= 0.3 is 0 Å². The second-order valence-corrected chi connectivity index (χ2v) is 8.69. The second-order valence-electron chi connectivity index (χ2n) is 6.49. The molecule has 0 fully saturated rings. The Labute approximate surface area is 198 Å². The summed E-state index contributed by atoms with van der Waals surface area (Å²) >= 11 is 2.36. The van der Waals surface area contributed by atoms with Gasteiger partial charge in [0.1, 0.15) is 0 Å². The van der Waals surface area contributed by atoms with Crippen molar-refractivity contribution in [3.63, 3.8) is 0 Å². The summed E-state index contributed by atoms with van der Waals surface area (Å²) in [6, 6.07) is 11.6. The van der Waals surface area contributed by atoms with Crippen LogP contribution < -0.4 is 25.4 Å². The molecule has 0 aliphatic heterocycles. The molecular formula is C21H21N5O5S2. The number of hydrogen-bond donors (Lipinski definition) is 3. The molecule has 3 aromatic rings. The Morgan fingerprint density at radius 1 is 0.909 bits per heavy atom. The monoisotopic (exact) mass is 487 g/mol. The van der Waals surface area contributed by atoms with E-state index in [2.05, 4.69) is 26.1 Å². The smallest absolute Gasteiger partial charge is 0.257 e. The average molecular weight is 488 g/mol. The van der Waals surface area contributed by atoms with Gasteiger partial charge in [0, 0.05) is 23.9 Å². The van der Waals surface area contributed by atoms with Crippen LogP contribution in [0.25, 0.3) is 0 Å². The molecule has 2 aromatic carbocycles. The first-order valence-electron chi connectivity index (χ1n) is 9.55. The van der Waals surface area contributed by atoms with Gasteiger partial charge in [0.25, 0.3) is 5.91 Å². The molecule has 3 N–H and O–H groups in total. The first-order chi connectivity index (χ1) is 15.9. The van der Waals surface area contributed by atoms with Crippen LogP contribution in [0.2, 0.25) is 0 Å². The number of aromatic nitrogens is 2.